The lowest BCUT2D eigenvalue weighted by Gasteiger charge is -2.03. The Morgan fingerprint density at radius 3 is 2.58 bits per heavy atom. The normalized spacial score (nSPS) is 11.1. The summed E-state index contributed by atoms with van der Waals surface area (Å²) < 4.78 is 6.59. The molecule has 0 saturated carbocycles. The van der Waals surface area contributed by atoms with Gasteiger partial charge in [-0.3, -0.25) is 4.79 Å². The van der Waals surface area contributed by atoms with Crippen LogP contribution in [0.25, 0.3) is 17.4 Å². The third-order valence-corrected chi connectivity index (χ3v) is 4.72. The molecule has 0 atom stereocenters. The fraction of sp³-hybridized carbons (Fsp3) is 0.0526. The van der Waals surface area contributed by atoms with E-state index in [0.717, 1.165) is 15.7 Å². The molecule has 0 fully saturated rings. The molecular formula is C19H13BrCl2N2O2. The summed E-state index contributed by atoms with van der Waals surface area (Å²) in [5, 5.41) is 3.75. The third kappa shape index (κ3) is 4.75. The van der Waals surface area contributed by atoms with E-state index < -0.39 is 0 Å². The molecule has 0 spiro atoms. The predicted molar refractivity (Wildman–Crippen MR) is 109 cm³/mol. The number of hydrogen-bond donors (Lipinski definition) is 1. The van der Waals surface area contributed by atoms with Gasteiger partial charge < -0.3 is 9.73 Å². The summed E-state index contributed by atoms with van der Waals surface area (Å²) in [6.45, 7) is 1.85. The highest BCUT2D eigenvalue weighted by Gasteiger charge is 2.07. The number of anilines is 1. The average molecular weight is 452 g/mol. The fourth-order valence-electron chi connectivity index (χ4n) is 2.23. The van der Waals surface area contributed by atoms with Crippen molar-refractivity contribution >= 4 is 56.9 Å². The summed E-state index contributed by atoms with van der Waals surface area (Å²) in [6, 6.07) is 12.3. The second kappa shape index (κ2) is 8.08. The van der Waals surface area contributed by atoms with Crippen LogP contribution in [-0.4, -0.2) is 10.9 Å². The van der Waals surface area contributed by atoms with Gasteiger partial charge in [-0.2, -0.15) is 0 Å². The smallest absolute Gasteiger partial charge is 0.249 e. The molecule has 0 unspecified atom stereocenters. The number of amides is 1. The number of rotatable bonds is 4. The molecule has 0 aliphatic heterocycles. The summed E-state index contributed by atoms with van der Waals surface area (Å²) in [6.07, 6.45) is 2.96. The third-order valence-electron chi connectivity index (χ3n) is 3.45. The number of halogens is 3. The number of benzene rings is 1. The first-order valence-corrected chi connectivity index (χ1v) is 9.14. The van der Waals surface area contributed by atoms with E-state index in [1.807, 2.05) is 13.0 Å². The molecule has 2 aromatic heterocycles. The number of nitrogens with one attached hydrogen (secondary N) is 1. The number of aryl methyl sites for hydroxylation is 1. The molecule has 7 heteroatoms. The predicted octanol–water partition coefficient (Wildman–Crippen LogP) is 6.37. The number of nitrogens with zero attached hydrogens (tertiary/aromatic N) is 1. The number of carbonyl (C=O) groups is 1. The Bertz CT molecular complexity index is 979. The van der Waals surface area contributed by atoms with Gasteiger partial charge in [0.1, 0.15) is 17.3 Å². The standard InChI is InChI=1S/C19H13BrCl2N2O2/c1-11-16(20)4-6-18(23-11)24-19(25)7-3-15-2-5-17(26-15)12-8-13(21)10-14(22)9-12/h2-10H,1H3,(H,23,24,25)/b7-3+. The zero-order valence-corrected chi connectivity index (χ0v) is 16.7. The Kier molecular flexibility index (Phi) is 5.81. The molecule has 2 heterocycles. The minimum Gasteiger partial charge on any atom is -0.457 e. The molecule has 0 bridgehead atoms. The Hall–Kier alpha value is -2.08. The second-order valence-corrected chi connectivity index (χ2v) is 7.17. The van der Waals surface area contributed by atoms with Crippen LogP contribution in [0, 0.1) is 6.92 Å². The van der Waals surface area contributed by atoms with Crippen LogP contribution in [0.4, 0.5) is 5.82 Å². The number of aromatic nitrogens is 1. The van der Waals surface area contributed by atoms with Crippen LogP contribution >= 0.6 is 39.1 Å². The molecule has 4 nitrogen and oxygen atoms in total. The second-order valence-electron chi connectivity index (χ2n) is 5.45. The van der Waals surface area contributed by atoms with Crippen molar-refractivity contribution in [3.05, 3.63) is 74.5 Å². The first-order chi connectivity index (χ1) is 12.4. The molecule has 1 aromatic carbocycles. The Balaban J connectivity index is 1.69. The minimum absolute atomic E-state index is 0.303. The van der Waals surface area contributed by atoms with Crippen molar-refractivity contribution in [3.63, 3.8) is 0 Å². The lowest BCUT2D eigenvalue weighted by molar-refractivity contribution is -0.111. The highest BCUT2D eigenvalue weighted by atomic mass is 79.9. The van der Waals surface area contributed by atoms with Crippen LogP contribution in [0.2, 0.25) is 10.0 Å². The Morgan fingerprint density at radius 1 is 1.15 bits per heavy atom. The van der Waals surface area contributed by atoms with E-state index in [1.54, 1.807) is 42.5 Å². The van der Waals surface area contributed by atoms with Gasteiger partial charge in [-0.25, -0.2) is 4.98 Å². The van der Waals surface area contributed by atoms with Crippen molar-refractivity contribution in [2.75, 3.05) is 5.32 Å². The minimum atomic E-state index is -0.303. The van der Waals surface area contributed by atoms with Gasteiger partial charge in [0.25, 0.3) is 0 Å². The van der Waals surface area contributed by atoms with E-state index >= 15 is 0 Å². The highest BCUT2D eigenvalue weighted by molar-refractivity contribution is 9.10. The van der Waals surface area contributed by atoms with E-state index in [2.05, 4.69) is 26.2 Å². The van der Waals surface area contributed by atoms with Gasteiger partial charge >= 0.3 is 0 Å². The molecule has 3 rings (SSSR count). The van der Waals surface area contributed by atoms with Crippen molar-refractivity contribution < 1.29 is 9.21 Å². The fourth-order valence-corrected chi connectivity index (χ4v) is 2.98. The van der Waals surface area contributed by atoms with Gasteiger partial charge in [-0.1, -0.05) is 23.2 Å². The monoisotopic (exact) mass is 450 g/mol. The van der Waals surface area contributed by atoms with Gasteiger partial charge in [0.05, 0.1) is 5.69 Å². The van der Waals surface area contributed by atoms with Crippen molar-refractivity contribution in [1.29, 1.82) is 0 Å². The lowest BCUT2D eigenvalue weighted by Crippen LogP contribution is -2.09. The topological polar surface area (TPSA) is 55.1 Å². The number of furan rings is 1. The van der Waals surface area contributed by atoms with Crippen molar-refractivity contribution in [2.24, 2.45) is 0 Å². The lowest BCUT2D eigenvalue weighted by atomic mass is 10.2. The van der Waals surface area contributed by atoms with Crippen molar-refractivity contribution in [3.8, 4) is 11.3 Å². The van der Waals surface area contributed by atoms with E-state index in [-0.39, 0.29) is 5.91 Å². The largest absolute Gasteiger partial charge is 0.457 e. The summed E-state index contributed by atoms with van der Waals surface area (Å²) >= 11 is 15.4. The van der Waals surface area contributed by atoms with E-state index in [0.29, 0.717) is 27.4 Å². The molecule has 1 N–H and O–H groups in total. The van der Waals surface area contributed by atoms with E-state index in [4.69, 9.17) is 27.6 Å². The van der Waals surface area contributed by atoms with Gasteiger partial charge in [0.2, 0.25) is 5.91 Å². The number of pyridine rings is 1. The number of carbonyl (C=O) groups excluding carboxylic acids is 1. The van der Waals surface area contributed by atoms with Crippen LogP contribution in [0.3, 0.4) is 0 Å². The van der Waals surface area contributed by atoms with Crippen LogP contribution in [0.5, 0.6) is 0 Å². The van der Waals surface area contributed by atoms with Crippen LogP contribution < -0.4 is 5.32 Å². The maximum Gasteiger partial charge on any atom is 0.249 e. The molecule has 1 amide bonds. The van der Waals surface area contributed by atoms with Crippen molar-refractivity contribution in [2.45, 2.75) is 6.92 Å². The molecule has 0 radical (unpaired) electrons. The molecule has 3 aromatic rings. The van der Waals surface area contributed by atoms with Gasteiger partial charge in [0, 0.05) is 26.2 Å². The molecule has 26 heavy (non-hydrogen) atoms. The first kappa shape index (κ1) is 18.7. The summed E-state index contributed by atoms with van der Waals surface area (Å²) in [5.41, 5.74) is 1.56. The SMILES string of the molecule is Cc1nc(NC(=O)/C=C/c2ccc(-c3cc(Cl)cc(Cl)c3)o2)ccc1Br. The van der Waals surface area contributed by atoms with E-state index in [1.165, 1.54) is 6.08 Å². The van der Waals surface area contributed by atoms with Gasteiger partial charge in [-0.05, 0) is 71.4 Å². The van der Waals surface area contributed by atoms with Gasteiger partial charge in [0.15, 0.2) is 0 Å². The molecule has 0 aliphatic carbocycles. The Morgan fingerprint density at radius 2 is 1.88 bits per heavy atom. The number of hydrogen-bond acceptors (Lipinski definition) is 3. The van der Waals surface area contributed by atoms with E-state index in [9.17, 15) is 4.79 Å². The zero-order chi connectivity index (χ0) is 18.7. The quantitative estimate of drug-likeness (QED) is 0.468. The molecule has 0 saturated heterocycles. The average Bonchev–Trinajstić information content (AvgIpc) is 3.05. The van der Waals surface area contributed by atoms with Crippen LogP contribution in [0.15, 0.2) is 57.4 Å². The highest BCUT2D eigenvalue weighted by Crippen LogP contribution is 2.29. The summed E-state index contributed by atoms with van der Waals surface area (Å²) in [4.78, 5) is 16.3. The molecule has 0 aliphatic rings. The zero-order valence-electron chi connectivity index (χ0n) is 13.6. The summed E-state index contributed by atoms with van der Waals surface area (Å²) in [7, 11) is 0. The van der Waals surface area contributed by atoms with Gasteiger partial charge in [-0.15, -0.1) is 0 Å². The first-order valence-electron chi connectivity index (χ1n) is 7.59. The van der Waals surface area contributed by atoms with Crippen LogP contribution in [-0.2, 0) is 4.79 Å². The Labute approximate surface area is 169 Å². The maximum atomic E-state index is 12.0. The summed E-state index contributed by atoms with van der Waals surface area (Å²) in [5.74, 6) is 1.32. The maximum absolute atomic E-state index is 12.0. The van der Waals surface area contributed by atoms with Crippen LogP contribution in [0.1, 0.15) is 11.5 Å². The van der Waals surface area contributed by atoms with Crippen molar-refractivity contribution in [1.82, 2.24) is 4.98 Å². The molecular weight excluding hydrogens is 439 g/mol. The molecule has 132 valence electrons.